The number of amides is 1. The first-order valence-corrected chi connectivity index (χ1v) is 11.9. The third kappa shape index (κ3) is 6.52. The maximum absolute atomic E-state index is 13.6. The van der Waals surface area contributed by atoms with Crippen LogP contribution in [0.3, 0.4) is 0 Å². The Balaban J connectivity index is 1.51. The Labute approximate surface area is 218 Å². The van der Waals surface area contributed by atoms with E-state index in [4.69, 9.17) is 4.74 Å². The molecule has 3 aromatic rings. The van der Waals surface area contributed by atoms with E-state index >= 15 is 0 Å². The summed E-state index contributed by atoms with van der Waals surface area (Å²) in [5, 5.41) is 3.35. The molecule has 1 aromatic heterocycles. The Morgan fingerprint density at radius 1 is 0.949 bits per heavy atom. The number of nitrogens with zero attached hydrogens (tertiary/aromatic N) is 2. The van der Waals surface area contributed by atoms with Gasteiger partial charge in [-0.15, -0.1) is 0 Å². The van der Waals surface area contributed by atoms with Crippen LogP contribution in [0.15, 0.2) is 54.6 Å². The average Bonchev–Trinajstić information content (AvgIpc) is 2.90. The fourth-order valence-electron chi connectivity index (χ4n) is 4.45. The van der Waals surface area contributed by atoms with Crippen molar-refractivity contribution in [3.8, 4) is 5.75 Å². The van der Waals surface area contributed by atoms with Crippen LogP contribution < -0.4 is 10.1 Å². The lowest BCUT2D eigenvalue weighted by Gasteiger charge is -2.35. The predicted molar refractivity (Wildman–Crippen MR) is 128 cm³/mol. The molecule has 4 rings (SSSR count). The molecule has 0 atom stereocenters. The molecule has 1 amide bonds. The second-order valence-corrected chi connectivity index (χ2v) is 8.96. The fraction of sp³-hybridized carbons (Fsp3) is 0.346. The van der Waals surface area contributed by atoms with Crippen LogP contribution in [-0.2, 0) is 15.8 Å². The number of hydrogen-bond donors (Lipinski definition) is 1. The topological polar surface area (TPSA) is 80.8 Å². The Kier molecular flexibility index (Phi) is 7.89. The van der Waals surface area contributed by atoms with Crippen molar-refractivity contribution < 1.29 is 45.5 Å². The molecular formula is C26H23F6N3O4. The Hall–Kier alpha value is -4.03. The molecule has 0 aliphatic heterocycles. The Morgan fingerprint density at radius 3 is 2.28 bits per heavy atom. The Bertz CT molecular complexity index is 1350. The molecule has 0 saturated heterocycles. The summed E-state index contributed by atoms with van der Waals surface area (Å²) in [7, 11) is 1.35. The van der Waals surface area contributed by atoms with Gasteiger partial charge in [0.15, 0.2) is 0 Å². The van der Waals surface area contributed by atoms with Crippen LogP contribution in [0, 0.1) is 0 Å². The van der Waals surface area contributed by atoms with E-state index in [1.54, 1.807) is 6.07 Å². The number of halogens is 6. The molecule has 1 N–H and O–H groups in total. The lowest BCUT2D eigenvalue weighted by molar-refractivity contribution is -0.235. The van der Waals surface area contributed by atoms with Gasteiger partial charge in [0, 0.05) is 17.0 Å². The van der Waals surface area contributed by atoms with Gasteiger partial charge in [-0.1, -0.05) is 24.3 Å². The number of alkyl halides is 6. The minimum atomic E-state index is -5.33. The molecule has 7 nitrogen and oxygen atoms in total. The number of para-hydroxylation sites is 1. The summed E-state index contributed by atoms with van der Waals surface area (Å²) in [6.07, 6.45) is -9.21. The standard InChI is InChI=1S/C26H23F6N3O4/c1-38-18-6-4-5-15(13-18)23(36)35(39-24(37)26(30,31)32)17-11-9-16(10-12-17)33-22-14-20(25(27,28)29)19-7-2-3-8-21(19)34-22/h2-8,13-14,16-17H,9-12H2,1H3,(H,33,34). The molecule has 0 bridgehead atoms. The molecule has 208 valence electrons. The van der Waals surface area contributed by atoms with Crippen LogP contribution in [0.4, 0.5) is 32.2 Å². The first-order valence-electron chi connectivity index (χ1n) is 11.9. The number of nitrogens with one attached hydrogen (secondary N) is 1. The van der Waals surface area contributed by atoms with Crippen molar-refractivity contribution >= 4 is 28.6 Å². The largest absolute Gasteiger partial charge is 0.497 e. The number of ether oxygens (including phenoxy) is 1. The zero-order valence-corrected chi connectivity index (χ0v) is 20.5. The van der Waals surface area contributed by atoms with Crippen molar-refractivity contribution in [3.63, 3.8) is 0 Å². The molecule has 39 heavy (non-hydrogen) atoms. The van der Waals surface area contributed by atoms with E-state index in [2.05, 4.69) is 15.1 Å². The molecule has 0 radical (unpaired) electrons. The lowest BCUT2D eigenvalue weighted by Crippen LogP contribution is -2.47. The molecule has 1 aliphatic rings. The van der Waals surface area contributed by atoms with E-state index < -0.39 is 35.8 Å². The summed E-state index contributed by atoms with van der Waals surface area (Å²) < 4.78 is 84.9. The number of anilines is 1. The molecule has 1 aliphatic carbocycles. The number of methoxy groups -OCH3 is 1. The van der Waals surface area contributed by atoms with E-state index in [9.17, 15) is 35.9 Å². The summed E-state index contributed by atoms with van der Waals surface area (Å²) in [5.41, 5.74) is -0.749. The first kappa shape index (κ1) is 28.0. The van der Waals surface area contributed by atoms with Gasteiger partial charge in [-0.2, -0.15) is 31.4 Å². The summed E-state index contributed by atoms with van der Waals surface area (Å²) in [6, 6.07) is 11.1. The van der Waals surface area contributed by atoms with Gasteiger partial charge >= 0.3 is 18.3 Å². The number of carbonyl (C=O) groups is 2. The van der Waals surface area contributed by atoms with Crippen LogP contribution in [0.25, 0.3) is 10.9 Å². The quantitative estimate of drug-likeness (QED) is 0.301. The van der Waals surface area contributed by atoms with Crippen LogP contribution in [-0.4, -0.2) is 47.3 Å². The van der Waals surface area contributed by atoms with Gasteiger partial charge in [-0.05, 0) is 56.0 Å². The zero-order chi connectivity index (χ0) is 28.4. The number of benzene rings is 2. The SMILES string of the molecule is COc1cccc(C(=O)N(OC(=O)C(F)(F)F)C2CCC(Nc3cc(C(F)(F)F)c4ccccc4n3)CC2)c1. The number of aromatic nitrogens is 1. The molecule has 1 fully saturated rings. The monoisotopic (exact) mass is 555 g/mol. The van der Waals surface area contributed by atoms with Crippen LogP contribution in [0.2, 0.25) is 0 Å². The minimum absolute atomic E-state index is 0.00251. The maximum Gasteiger partial charge on any atom is 0.493 e. The highest BCUT2D eigenvalue weighted by atomic mass is 19.4. The van der Waals surface area contributed by atoms with Gasteiger partial charge in [0.05, 0.1) is 24.2 Å². The average molecular weight is 555 g/mol. The van der Waals surface area contributed by atoms with Gasteiger partial charge in [0.25, 0.3) is 5.91 Å². The zero-order valence-electron chi connectivity index (χ0n) is 20.5. The van der Waals surface area contributed by atoms with Crippen molar-refractivity contribution in [1.82, 2.24) is 10.0 Å². The fourth-order valence-corrected chi connectivity index (χ4v) is 4.45. The summed E-state index contributed by atoms with van der Waals surface area (Å²) in [5.74, 6) is -3.23. The van der Waals surface area contributed by atoms with Gasteiger partial charge < -0.3 is 14.9 Å². The van der Waals surface area contributed by atoms with Crippen molar-refractivity contribution in [2.24, 2.45) is 0 Å². The molecule has 0 spiro atoms. The smallest absolute Gasteiger partial charge is 0.493 e. The number of pyridine rings is 1. The Morgan fingerprint density at radius 2 is 1.64 bits per heavy atom. The molecule has 0 unspecified atom stereocenters. The van der Waals surface area contributed by atoms with Crippen molar-refractivity contribution in [3.05, 3.63) is 65.7 Å². The molecular weight excluding hydrogens is 532 g/mol. The number of hydrogen-bond acceptors (Lipinski definition) is 6. The van der Waals surface area contributed by atoms with E-state index in [0.717, 1.165) is 6.07 Å². The number of carbonyl (C=O) groups excluding carboxylic acids is 2. The summed E-state index contributed by atoms with van der Waals surface area (Å²) >= 11 is 0. The number of rotatable bonds is 5. The van der Waals surface area contributed by atoms with Crippen molar-refractivity contribution in [2.45, 2.75) is 50.1 Å². The second kappa shape index (κ2) is 11.0. The van der Waals surface area contributed by atoms with E-state index in [0.29, 0.717) is 5.06 Å². The molecule has 1 heterocycles. The van der Waals surface area contributed by atoms with Crippen LogP contribution >= 0.6 is 0 Å². The van der Waals surface area contributed by atoms with Gasteiger partial charge in [-0.25, -0.2) is 9.78 Å². The van der Waals surface area contributed by atoms with Gasteiger partial charge in [-0.3, -0.25) is 4.79 Å². The van der Waals surface area contributed by atoms with Crippen molar-refractivity contribution in [1.29, 1.82) is 0 Å². The number of hydroxylamine groups is 2. The highest BCUT2D eigenvalue weighted by molar-refractivity contribution is 5.95. The van der Waals surface area contributed by atoms with Crippen molar-refractivity contribution in [2.75, 3.05) is 12.4 Å². The van der Waals surface area contributed by atoms with E-state index in [1.807, 2.05) is 0 Å². The molecule has 2 aromatic carbocycles. The second-order valence-electron chi connectivity index (χ2n) is 8.96. The van der Waals surface area contributed by atoms with E-state index in [1.165, 1.54) is 49.6 Å². The van der Waals surface area contributed by atoms with Crippen LogP contribution in [0.1, 0.15) is 41.6 Å². The molecule has 13 heteroatoms. The third-order valence-electron chi connectivity index (χ3n) is 6.33. The third-order valence-corrected chi connectivity index (χ3v) is 6.33. The maximum atomic E-state index is 13.6. The van der Waals surface area contributed by atoms with E-state index in [-0.39, 0.29) is 59.8 Å². The molecule has 1 saturated carbocycles. The highest BCUT2D eigenvalue weighted by Gasteiger charge is 2.45. The predicted octanol–water partition coefficient (Wildman–Crippen LogP) is 6.15. The number of fused-ring (bicyclic) bond motifs is 1. The highest BCUT2D eigenvalue weighted by Crippen LogP contribution is 2.36. The normalized spacial score (nSPS) is 17.9. The first-order chi connectivity index (χ1) is 18.4. The lowest BCUT2D eigenvalue weighted by atomic mass is 9.90. The summed E-state index contributed by atoms with van der Waals surface area (Å²) in [4.78, 5) is 33.5. The van der Waals surface area contributed by atoms with Gasteiger partial charge in [0.1, 0.15) is 11.6 Å². The minimum Gasteiger partial charge on any atom is -0.497 e. The van der Waals surface area contributed by atoms with Crippen LogP contribution in [0.5, 0.6) is 5.75 Å². The van der Waals surface area contributed by atoms with Gasteiger partial charge in [0.2, 0.25) is 0 Å². The summed E-state index contributed by atoms with van der Waals surface area (Å²) in [6.45, 7) is 0.